The Morgan fingerprint density at radius 2 is 2.43 bits per heavy atom. The minimum atomic E-state index is -0.680. The third-order valence-electron chi connectivity index (χ3n) is 2.52. The smallest absolute Gasteiger partial charge is 0.0590 e. The largest absolute Gasteiger partial charge is 0.378 e. The molecule has 3 nitrogen and oxygen atoms in total. The molecule has 1 aliphatic heterocycles. The number of hydrogen-bond acceptors (Lipinski definition) is 3. The van der Waals surface area contributed by atoms with Crippen molar-refractivity contribution >= 4 is 10.8 Å². The van der Waals surface area contributed by atoms with Crippen molar-refractivity contribution in [2.45, 2.75) is 38.3 Å². The van der Waals surface area contributed by atoms with Gasteiger partial charge in [0.05, 0.1) is 6.10 Å². The lowest BCUT2D eigenvalue weighted by molar-refractivity contribution is 0.0966. The third-order valence-corrected chi connectivity index (χ3v) is 3.30. The number of hydrogen-bond donors (Lipinski definition) is 1. The monoisotopic (exact) mass is 219 g/mol. The summed E-state index contributed by atoms with van der Waals surface area (Å²) >= 11 is 0. The molecule has 14 heavy (non-hydrogen) atoms. The maximum atomic E-state index is 10.8. The number of nitrogens with one attached hydrogen (secondary N) is 1. The summed E-state index contributed by atoms with van der Waals surface area (Å²) in [4.78, 5) is 0. The van der Waals surface area contributed by atoms with E-state index >= 15 is 0 Å². The van der Waals surface area contributed by atoms with Gasteiger partial charge in [-0.1, -0.05) is 0 Å². The summed E-state index contributed by atoms with van der Waals surface area (Å²) in [5.41, 5.74) is 0. The van der Waals surface area contributed by atoms with Crippen molar-refractivity contribution in [3.8, 4) is 0 Å². The summed E-state index contributed by atoms with van der Waals surface area (Å²) in [5, 5.41) is 3.37. The average Bonchev–Trinajstić information content (AvgIpc) is 2.56. The molecule has 3 unspecified atom stereocenters. The molecule has 0 aromatic rings. The molecule has 3 atom stereocenters. The molecule has 1 heterocycles. The van der Waals surface area contributed by atoms with E-state index in [1.165, 1.54) is 12.8 Å². The fourth-order valence-electron chi connectivity index (χ4n) is 1.76. The predicted molar refractivity (Wildman–Crippen MR) is 60.0 cm³/mol. The van der Waals surface area contributed by atoms with Gasteiger partial charge in [0.25, 0.3) is 0 Å². The van der Waals surface area contributed by atoms with Crippen molar-refractivity contribution in [1.29, 1.82) is 0 Å². The molecule has 0 bridgehead atoms. The summed E-state index contributed by atoms with van der Waals surface area (Å²) in [6, 6.07) is 0.474. The standard InChI is InChI=1S/C10H21NO2S/c1-9(11-5-7-14(2)12)8-10-4-3-6-13-10/h9-11H,3-8H2,1-2H3. The van der Waals surface area contributed by atoms with Gasteiger partial charge in [-0.15, -0.1) is 0 Å². The first-order chi connectivity index (χ1) is 6.68. The van der Waals surface area contributed by atoms with E-state index in [1.807, 2.05) is 0 Å². The zero-order valence-electron chi connectivity index (χ0n) is 9.12. The normalized spacial score (nSPS) is 26.3. The van der Waals surface area contributed by atoms with Gasteiger partial charge in [-0.2, -0.15) is 0 Å². The third kappa shape index (κ3) is 5.08. The molecule has 1 fully saturated rings. The highest BCUT2D eigenvalue weighted by molar-refractivity contribution is 7.84. The van der Waals surface area contributed by atoms with Crippen LogP contribution in [-0.4, -0.2) is 41.5 Å². The van der Waals surface area contributed by atoms with E-state index in [9.17, 15) is 4.21 Å². The molecule has 1 aliphatic rings. The van der Waals surface area contributed by atoms with Crippen LogP contribution in [0.2, 0.25) is 0 Å². The van der Waals surface area contributed by atoms with E-state index in [0.717, 1.165) is 25.3 Å². The van der Waals surface area contributed by atoms with Crippen molar-refractivity contribution in [2.24, 2.45) is 0 Å². The van der Waals surface area contributed by atoms with Gasteiger partial charge in [0, 0.05) is 42.0 Å². The van der Waals surface area contributed by atoms with Crippen LogP contribution in [0.15, 0.2) is 0 Å². The maximum Gasteiger partial charge on any atom is 0.0590 e. The van der Waals surface area contributed by atoms with Crippen LogP contribution in [0.3, 0.4) is 0 Å². The van der Waals surface area contributed by atoms with Crippen LogP contribution in [0.5, 0.6) is 0 Å². The Hall–Kier alpha value is 0.0700. The first kappa shape index (κ1) is 12.1. The fourth-order valence-corrected chi connectivity index (χ4v) is 2.16. The van der Waals surface area contributed by atoms with Crippen LogP contribution in [0.1, 0.15) is 26.2 Å². The summed E-state index contributed by atoms with van der Waals surface area (Å²) in [5.74, 6) is 0.746. The second kappa shape index (κ2) is 6.53. The van der Waals surface area contributed by atoms with Gasteiger partial charge >= 0.3 is 0 Å². The van der Waals surface area contributed by atoms with Crippen molar-refractivity contribution < 1.29 is 8.95 Å². The van der Waals surface area contributed by atoms with Gasteiger partial charge in [0.1, 0.15) is 0 Å². The van der Waals surface area contributed by atoms with Crippen LogP contribution in [-0.2, 0) is 15.5 Å². The zero-order chi connectivity index (χ0) is 10.4. The molecule has 0 radical (unpaired) electrons. The van der Waals surface area contributed by atoms with Gasteiger partial charge in [0.2, 0.25) is 0 Å². The van der Waals surface area contributed by atoms with Gasteiger partial charge in [0.15, 0.2) is 0 Å². The highest BCUT2D eigenvalue weighted by atomic mass is 32.2. The van der Waals surface area contributed by atoms with E-state index < -0.39 is 10.8 Å². The Morgan fingerprint density at radius 1 is 1.64 bits per heavy atom. The molecular weight excluding hydrogens is 198 g/mol. The van der Waals surface area contributed by atoms with Gasteiger partial charge in [-0.25, -0.2) is 0 Å². The van der Waals surface area contributed by atoms with Crippen molar-refractivity contribution in [2.75, 3.05) is 25.2 Å². The molecule has 0 aliphatic carbocycles. The molecule has 0 saturated carbocycles. The summed E-state index contributed by atoms with van der Waals surface area (Å²) in [6.45, 7) is 3.94. The fraction of sp³-hybridized carbons (Fsp3) is 1.00. The second-order valence-corrected chi connectivity index (χ2v) is 5.56. The molecular formula is C10H21NO2S. The van der Waals surface area contributed by atoms with Crippen LogP contribution in [0.4, 0.5) is 0 Å². The van der Waals surface area contributed by atoms with Crippen LogP contribution in [0, 0.1) is 0 Å². The van der Waals surface area contributed by atoms with E-state index in [0.29, 0.717) is 12.1 Å². The molecule has 0 spiro atoms. The highest BCUT2D eigenvalue weighted by Crippen LogP contribution is 2.16. The van der Waals surface area contributed by atoms with Crippen LogP contribution >= 0.6 is 0 Å². The Labute approximate surface area is 89.1 Å². The molecule has 0 amide bonds. The molecule has 1 saturated heterocycles. The topological polar surface area (TPSA) is 38.3 Å². The highest BCUT2D eigenvalue weighted by Gasteiger charge is 2.17. The van der Waals surface area contributed by atoms with Gasteiger partial charge < -0.3 is 10.1 Å². The average molecular weight is 219 g/mol. The van der Waals surface area contributed by atoms with E-state index in [1.54, 1.807) is 6.26 Å². The van der Waals surface area contributed by atoms with Crippen LogP contribution < -0.4 is 5.32 Å². The molecule has 4 heteroatoms. The van der Waals surface area contributed by atoms with E-state index in [2.05, 4.69) is 12.2 Å². The predicted octanol–water partition coefficient (Wildman–Crippen LogP) is 0.912. The van der Waals surface area contributed by atoms with Gasteiger partial charge in [-0.3, -0.25) is 4.21 Å². The Kier molecular flexibility index (Phi) is 5.67. The first-order valence-electron chi connectivity index (χ1n) is 5.33. The maximum absolute atomic E-state index is 10.8. The number of ether oxygens (including phenoxy) is 1. The summed E-state index contributed by atoms with van der Waals surface area (Å²) in [7, 11) is -0.680. The SMILES string of the molecule is CC(CC1CCCO1)NCCS(C)=O. The lowest BCUT2D eigenvalue weighted by Gasteiger charge is -2.17. The first-order valence-corrected chi connectivity index (χ1v) is 7.06. The van der Waals surface area contributed by atoms with Crippen molar-refractivity contribution in [3.05, 3.63) is 0 Å². The second-order valence-electron chi connectivity index (χ2n) is 4.00. The van der Waals surface area contributed by atoms with E-state index in [-0.39, 0.29) is 0 Å². The van der Waals surface area contributed by atoms with Crippen molar-refractivity contribution in [3.63, 3.8) is 0 Å². The molecule has 1 rings (SSSR count). The van der Waals surface area contributed by atoms with Crippen molar-refractivity contribution in [1.82, 2.24) is 5.32 Å². The Balaban J connectivity index is 2.03. The summed E-state index contributed by atoms with van der Waals surface area (Å²) < 4.78 is 16.4. The van der Waals surface area contributed by atoms with Gasteiger partial charge in [-0.05, 0) is 26.2 Å². The Morgan fingerprint density at radius 3 is 3.00 bits per heavy atom. The molecule has 0 aromatic heterocycles. The number of rotatable bonds is 6. The lowest BCUT2D eigenvalue weighted by Crippen LogP contribution is -2.32. The van der Waals surface area contributed by atoms with Crippen LogP contribution in [0.25, 0.3) is 0 Å². The Bertz CT molecular complexity index is 181. The minimum absolute atomic E-state index is 0.449. The molecule has 84 valence electrons. The molecule has 1 N–H and O–H groups in total. The zero-order valence-corrected chi connectivity index (χ0v) is 9.94. The minimum Gasteiger partial charge on any atom is -0.378 e. The van der Waals surface area contributed by atoms with E-state index in [4.69, 9.17) is 4.74 Å². The quantitative estimate of drug-likeness (QED) is 0.722. The summed E-state index contributed by atoms with van der Waals surface area (Å²) in [6.07, 6.45) is 5.68. The molecule has 0 aromatic carbocycles. The lowest BCUT2D eigenvalue weighted by atomic mass is 10.1.